The standard InChI is InChI=1S/C26H30N6O5S/c1-16-10-19(14-27-11-16)26-31-30-22(32(26)23-20(35-4)8-7-9-21(23)36-5)15-38(33,34)18(3)24(37-6)25-28-12-17(2)13-29-25/h7-14,18,24H,15H2,1-6H3/t18-,24-/m0/s1. The average molecular weight is 539 g/mol. The molecular formula is C26H30N6O5S. The Morgan fingerprint density at radius 1 is 0.921 bits per heavy atom. The maximum absolute atomic E-state index is 13.7. The van der Waals surface area contributed by atoms with Gasteiger partial charge in [-0.15, -0.1) is 10.2 Å². The number of aromatic nitrogens is 6. The van der Waals surface area contributed by atoms with E-state index in [1.54, 1.807) is 54.5 Å². The Hall–Kier alpha value is -3.90. The molecule has 200 valence electrons. The van der Waals surface area contributed by atoms with Gasteiger partial charge in [0, 0.05) is 37.5 Å². The van der Waals surface area contributed by atoms with E-state index in [4.69, 9.17) is 14.2 Å². The molecule has 4 aromatic rings. The first-order chi connectivity index (χ1) is 18.2. The number of methoxy groups -OCH3 is 3. The van der Waals surface area contributed by atoms with Gasteiger partial charge in [0.25, 0.3) is 0 Å². The van der Waals surface area contributed by atoms with E-state index in [2.05, 4.69) is 25.1 Å². The summed E-state index contributed by atoms with van der Waals surface area (Å²) in [4.78, 5) is 12.8. The lowest BCUT2D eigenvalue weighted by molar-refractivity contribution is 0.0947. The highest BCUT2D eigenvalue weighted by Crippen LogP contribution is 2.37. The van der Waals surface area contributed by atoms with Crippen LogP contribution in [0.5, 0.6) is 11.5 Å². The highest BCUT2D eigenvalue weighted by atomic mass is 32.2. The molecule has 0 spiro atoms. The zero-order valence-electron chi connectivity index (χ0n) is 22.1. The average Bonchev–Trinajstić information content (AvgIpc) is 3.31. The molecule has 0 saturated heterocycles. The van der Waals surface area contributed by atoms with E-state index in [0.29, 0.717) is 28.6 Å². The largest absolute Gasteiger partial charge is 0.494 e. The molecule has 3 heterocycles. The molecule has 4 rings (SSSR count). The Morgan fingerprint density at radius 3 is 2.16 bits per heavy atom. The van der Waals surface area contributed by atoms with Crippen LogP contribution in [0.4, 0.5) is 0 Å². The fraction of sp³-hybridized carbons (Fsp3) is 0.346. The highest BCUT2D eigenvalue weighted by molar-refractivity contribution is 7.91. The number of pyridine rings is 1. The van der Waals surface area contributed by atoms with Crippen LogP contribution in [0, 0.1) is 13.8 Å². The Kier molecular flexibility index (Phi) is 8.02. The van der Waals surface area contributed by atoms with Crippen molar-refractivity contribution in [2.45, 2.75) is 37.9 Å². The zero-order valence-corrected chi connectivity index (χ0v) is 22.9. The predicted octanol–water partition coefficient (Wildman–Crippen LogP) is 3.44. The number of benzene rings is 1. The molecule has 12 heteroatoms. The molecule has 2 atom stereocenters. The van der Waals surface area contributed by atoms with Gasteiger partial charge in [-0.2, -0.15) is 0 Å². The molecule has 0 aliphatic heterocycles. The number of para-hydroxylation sites is 1. The monoisotopic (exact) mass is 538 g/mol. The van der Waals surface area contributed by atoms with E-state index in [1.165, 1.54) is 21.3 Å². The summed E-state index contributed by atoms with van der Waals surface area (Å²) < 4.78 is 45.9. The molecule has 0 N–H and O–H groups in total. The van der Waals surface area contributed by atoms with Crippen molar-refractivity contribution in [3.63, 3.8) is 0 Å². The zero-order chi connectivity index (χ0) is 27.4. The fourth-order valence-corrected chi connectivity index (χ4v) is 5.54. The van der Waals surface area contributed by atoms with Crippen molar-refractivity contribution in [1.82, 2.24) is 29.7 Å². The van der Waals surface area contributed by atoms with E-state index in [-0.39, 0.29) is 11.6 Å². The normalized spacial score (nSPS) is 13.2. The van der Waals surface area contributed by atoms with Crippen LogP contribution >= 0.6 is 0 Å². The molecule has 0 fully saturated rings. The summed E-state index contributed by atoms with van der Waals surface area (Å²) in [6.45, 7) is 5.33. The Bertz CT molecular complexity index is 1500. The molecule has 0 bridgehead atoms. The summed E-state index contributed by atoms with van der Waals surface area (Å²) >= 11 is 0. The fourth-order valence-electron chi connectivity index (χ4n) is 4.12. The van der Waals surface area contributed by atoms with Crippen molar-refractivity contribution >= 4 is 9.84 Å². The van der Waals surface area contributed by atoms with Crippen molar-refractivity contribution in [1.29, 1.82) is 0 Å². The van der Waals surface area contributed by atoms with Gasteiger partial charge in [0.05, 0.1) is 19.5 Å². The van der Waals surface area contributed by atoms with Gasteiger partial charge in [-0.3, -0.25) is 9.55 Å². The minimum Gasteiger partial charge on any atom is -0.494 e. The van der Waals surface area contributed by atoms with Crippen molar-refractivity contribution in [2.24, 2.45) is 0 Å². The van der Waals surface area contributed by atoms with Gasteiger partial charge in [-0.05, 0) is 50.1 Å². The van der Waals surface area contributed by atoms with Crippen molar-refractivity contribution in [3.05, 3.63) is 71.8 Å². The van der Waals surface area contributed by atoms with Gasteiger partial charge in [-0.1, -0.05) is 6.07 Å². The van der Waals surface area contributed by atoms with Crippen molar-refractivity contribution in [2.75, 3.05) is 21.3 Å². The van der Waals surface area contributed by atoms with Gasteiger partial charge in [0.15, 0.2) is 27.3 Å². The molecule has 38 heavy (non-hydrogen) atoms. The number of rotatable bonds is 10. The molecule has 0 amide bonds. The van der Waals surface area contributed by atoms with Gasteiger partial charge >= 0.3 is 0 Å². The SMILES string of the molecule is COc1cccc(OC)c1-n1c(CS(=O)(=O)[C@@H](C)[C@H](OC)c2ncc(C)cn2)nnc1-c1cncc(C)c1. The lowest BCUT2D eigenvalue weighted by atomic mass is 10.2. The summed E-state index contributed by atoms with van der Waals surface area (Å²) in [5.74, 6) is 1.34. The summed E-state index contributed by atoms with van der Waals surface area (Å²) in [5, 5.41) is 7.70. The second-order valence-electron chi connectivity index (χ2n) is 8.82. The second kappa shape index (κ2) is 11.2. The van der Waals surface area contributed by atoms with Crippen LogP contribution in [-0.2, 0) is 20.3 Å². The molecular weight excluding hydrogens is 508 g/mol. The minimum atomic E-state index is -3.86. The van der Waals surface area contributed by atoms with Crippen LogP contribution in [0.3, 0.4) is 0 Å². The molecule has 0 aliphatic carbocycles. The Balaban J connectivity index is 1.84. The van der Waals surface area contributed by atoms with Gasteiger partial charge in [0.2, 0.25) is 0 Å². The topological polar surface area (TPSA) is 131 Å². The molecule has 11 nitrogen and oxygen atoms in total. The van der Waals surface area contributed by atoms with E-state index in [9.17, 15) is 8.42 Å². The number of ether oxygens (including phenoxy) is 3. The van der Waals surface area contributed by atoms with E-state index < -0.39 is 26.9 Å². The number of hydrogen-bond acceptors (Lipinski definition) is 10. The minimum absolute atomic E-state index is 0.177. The van der Waals surface area contributed by atoms with E-state index >= 15 is 0 Å². The lowest BCUT2D eigenvalue weighted by Crippen LogP contribution is -2.30. The van der Waals surface area contributed by atoms with Gasteiger partial charge in [0.1, 0.15) is 29.0 Å². The molecule has 1 aromatic carbocycles. The van der Waals surface area contributed by atoms with Crippen LogP contribution in [0.1, 0.15) is 35.8 Å². The molecule has 0 radical (unpaired) electrons. The maximum Gasteiger partial charge on any atom is 0.170 e. The first kappa shape index (κ1) is 27.1. The number of aryl methyl sites for hydroxylation is 2. The third-order valence-electron chi connectivity index (χ3n) is 6.12. The van der Waals surface area contributed by atoms with Gasteiger partial charge in [-0.25, -0.2) is 18.4 Å². The second-order valence-corrected chi connectivity index (χ2v) is 11.2. The smallest absolute Gasteiger partial charge is 0.170 e. The first-order valence-electron chi connectivity index (χ1n) is 11.8. The van der Waals surface area contributed by atoms with E-state index in [0.717, 1.165) is 11.1 Å². The summed E-state index contributed by atoms with van der Waals surface area (Å²) in [5.41, 5.74) is 2.90. The van der Waals surface area contributed by atoms with Crippen LogP contribution in [0.2, 0.25) is 0 Å². The number of hydrogen-bond donors (Lipinski definition) is 0. The predicted molar refractivity (Wildman–Crippen MR) is 141 cm³/mol. The van der Waals surface area contributed by atoms with Crippen LogP contribution < -0.4 is 9.47 Å². The highest BCUT2D eigenvalue weighted by Gasteiger charge is 2.35. The van der Waals surface area contributed by atoms with Crippen molar-refractivity contribution < 1.29 is 22.6 Å². The third kappa shape index (κ3) is 5.36. The Labute approximate surface area is 221 Å². The van der Waals surface area contributed by atoms with Crippen LogP contribution in [-0.4, -0.2) is 64.7 Å². The summed E-state index contributed by atoms with van der Waals surface area (Å²) in [7, 11) is 0.635. The molecule has 0 aliphatic rings. The summed E-state index contributed by atoms with van der Waals surface area (Å²) in [6.07, 6.45) is 5.74. The Morgan fingerprint density at radius 2 is 1.58 bits per heavy atom. The first-order valence-corrected chi connectivity index (χ1v) is 13.5. The van der Waals surface area contributed by atoms with Gasteiger partial charge < -0.3 is 14.2 Å². The van der Waals surface area contributed by atoms with Crippen LogP contribution in [0.25, 0.3) is 17.1 Å². The quantitative estimate of drug-likeness (QED) is 0.296. The third-order valence-corrected chi connectivity index (χ3v) is 8.16. The van der Waals surface area contributed by atoms with E-state index in [1.807, 2.05) is 19.9 Å². The molecule has 0 saturated carbocycles. The van der Waals surface area contributed by atoms with Crippen LogP contribution in [0.15, 0.2) is 49.1 Å². The molecule has 3 aromatic heterocycles. The summed E-state index contributed by atoms with van der Waals surface area (Å²) in [6, 6.07) is 7.19. The maximum atomic E-state index is 13.7. The molecule has 0 unspecified atom stereocenters. The van der Waals surface area contributed by atoms with Crippen molar-refractivity contribution in [3.8, 4) is 28.6 Å². The number of nitrogens with zero attached hydrogens (tertiary/aromatic N) is 6. The lowest BCUT2D eigenvalue weighted by Gasteiger charge is -2.22. The number of sulfone groups is 1.